The number of morpholine rings is 1. The number of rotatable bonds is 8. The predicted octanol–water partition coefficient (Wildman–Crippen LogP) is 2.82. The lowest BCUT2D eigenvalue weighted by molar-refractivity contribution is -0.0436. The molecule has 0 aliphatic carbocycles. The second kappa shape index (κ2) is 10.3. The maximum atomic E-state index is 5.81. The van der Waals surface area contributed by atoms with E-state index >= 15 is 0 Å². The summed E-state index contributed by atoms with van der Waals surface area (Å²) in [6.07, 6.45) is 5.18. The average Bonchev–Trinajstić information content (AvgIpc) is 2.66. The molecular weight excluding hydrogens is 312 g/mol. The Balaban J connectivity index is 1.22. The van der Waals surface area contributed by atoms with Crippen LogP contribution in [0.25, 0.3) is 0 Å². The maximum Gasteiger partial charge on any atom is 0.0674 e. The third-order valence-electron chi connectivity index (χ3n) is 5.49. The van der Waals surface area contributed by atoms with Crippen LogP contribution in [0.1, 0.15) is 31.7 Å². The smallest absolute Gasteiger partial charge is 0.0674 e. The van der Waals surface area contributed by atoms with Gasteiger partial charge in [0.2, 0.25) is 0 Å². The molecule has 1 unspecified atom stereocenters. The van der Waals surface area contributed by atoms with Gasteiger partial charge >= 0.3 is 0 Å². The van der Waals surface area contributed by atoms with Crippen LogP contribution in [0.4, 0.5) is 0 Å². The Morgan fingerprint density at radius 1 is 1.08 bits per heavy atom. The van der Waals surface area contributed by atoms with Crippen molar-refractivity contribution in [2.75, 3.05) is 52.5 Å². The number of likely N-dealkylation sites (tertiary alicyclic amines) is 1. The molecule has 0 saturated carbocycles. The summed E-state index contributed by atoms with van der Waals surface area (Å²) in [6, 6.07) is 11.4. The topological polar surface area (TPSA) is 24.9 Å². The summed E-state index contributed by atoms with van der Waals surface area (Å²) in [4.78, 5) is 5.26. The highest BCUT2D eigenvalue weighted by atomic mass is 16.5. The molecule has 1 atom stereocenters. The van der Waals surface area contributed by atoms with Crippen molar-refractivity contribution in [2.24, 2.45) is 0 Å². The highest BCUT2D eigenvalue weighted by Gasteiger charge is 2.27. The van der Waals surface area contributed by atoms with Gasteiger partial charge in [-0.25, -0.2) is 0 Å². The van der Waals surface area contributed by atoms with Gasteiger partial charge in [-0.1, -0.05) is 30.3 Å². The lowest BCUT2D eigenvalue weighted by Crippen LogP contribution is -2.51. The number of nitrogens with zero attached hydrogens (tertiary/aromatic N) is 2. The van der Waals surface area contributed by atoms with Gasteiger partial charge in [0.25, 0.3) is 0 Å². The number of benzene rings is 1. The molecule has 3 rings (SSSR count). The Labute approximate surface area is 153 Å². The summed E-state index contributed by atoms with van der Waals surface area (Å²) in [5.41, 5.74) is 1.36. The van der Waals surface area contributed by atoms with Gasteiger partial charge in [0.15, 0.2) is 0 Å². The lowest BCUT2D eigenvalue weighted by atomic mass is 10.0. The average molecular weight is 347 g/mol. The van der Waals surface area contributed by atoms with Crippen LogP contribution in [0.5, 0.6) is 0 Å². The molecule has 0 spiro atoms. The fourth-order valence-corrected chi connectivity index (χ4v) is 4.01. The second-order valence-electron chi connectivity index (χ2n) is 7.45. The van der Waals surface area contributed by atoms with E-state index in [2.05, 4.69) is 47.1 Å². The quantitative estimate of drug-likeness (QED) is 0.676. The standard InChI is InChI=1S/C21H34N2O2/c1-19-18-23(14-17-25-19)21-8-12-22(13-9-21)11-5-15-24-16-10-20-6-3-2-4-7-20/h2-4,6-7,19,21H,5,8-18H2,1H3. The van der Waals surface area contributed by atoms with E-state index in [1.807, 2.05) is 0 Å². The van der Waals surface area contributed by atoms with Gasteiger partial charge in [0, 0.05) is 32.3 Å². The Hall–Kier alpha value is -0.940. The molecule has 2 aliphatic heterocycles. The Morgan fingerprint density at radius 2 is 1.88 bits per heavy atom. The van der Waals surface area contributed by atoms with Crippen molar-refractivity contribution in [1.82, 2.24) is 9.80 Å². The Kier molecular flexibility index (Phi) is 7.74. The summed E-state index contributed by atoms with van der Waals surface area (Å²) in [7, 11) is 0. The monoisotopic (exact) mass is 346 g/mol. The zero-order valence-corrected chi connectivity index (χ0v) is 15.7. The van der Waals surface area contributed by atoms with Crippen molar-refractivity contribution in [3.63, 3.8) is 0 Å². The highest BCUT2D eigenvalue weighted by molar-refractivity contribution is 5.14. The number of ether oxygens (including phenoxy) is 2. The highest BCUT2D eigenvalue weighted by Crippen LogP contribution is 2.19. The van der Waals surface area contributed by atoms with Gasteiger partial charge in [-0.15, -0.1) is 0 Å². The first-order chi connectivity index (χ1) is 12.3. The molecule has 2 saturated heterocycles. The predicted molar refractivity (Wildman–Crippen MR) is 102 cm³/mol. The summed E-state index contributed by atoms with van der Waals surface area (Å²) >= 11 is 0. The third kappa shape index (κ3) is 6.37. The summed E-state index contributed by atoms with van der Waals surface area (Å²) in [5, 5.41) is 0. The molecule has 2 heterocycles. The fourth-order valence-electron chi connectivity index (χ4n) is 4.01. The molecule has 0 bridgehead atoms. The van der Waals surface area contributed by atoms with Crippen LogP contribution in [-0.4, -0.2) is 74.5 Å². The minimum atomic E-state index is 0.403. The minimum Gasteiger partial charge on any atom is -0.381 e. The molecule has 4 nitrogen and oxygen atoms in total. The molecule has 0 aromatic heterocycles. The van der Waals surface area contributed by atoms with Crippen LogP contribution in [0, 0.1) is 0 Å². The summed E-state index contributed by atoms with van der Waals surface area (Å²) < 4.78 is 11.5. The molecule has 25 heavy (non-hydrogen) atoms. The molecule has 1 aromatic carbocycles. The van der Waals surface area contributed by atoms with E-state index in [1.54, 1.807) is 0 Å². The van der Waals surface area contributed by atoms with Gasteiger partial charge in [0.1, 0.15) is 0 Å². The largest absolute Gasteiger partial charge is 0.381 e. The molecule has 1 aromatic rings. The van der Waals surface area contributed by atoms with Crippen LogP contribution >= 0.6 is 0 Å². The van der Waals surface area contributed by atoms with Gasteiger partial charge in [-0.2, -0.15) is 0 Å². The van der Waals surface area contributed by atoms with Crippen molar-refractivity contribution in [2.45, 2.75) is 44.8 Å². The van der Waals surface area contributed by atoms with E-state index in [1.165, 1.54) is 38.0 Å². The third-order valence-corrected chi connectivity index (χ3v) is 5.49. The van der Waals surface area contributed by atoms with E-state index in [0.717, 1.165) is 51.8 Å². The van der Waals surface area contributed by atoms with Crippen molar-refractivity contribution < 1.29 is 9.47 Å². The number of piperidine rings is 1. The molecule has 4 heteroatoms. The lowest BCUT2D eigenvalue weighted by Gasteiger charge is -2.41. The minimum absolute atomic E-state index is 0.403. The van der Waals surface area contributed by atoms with Crippen molar-refractivity contribution >= 4 is 0 Å². The van der Waals surface area contributed by atoms with E-state index in [-0.39, 0.29) is 0 Å². The van der Waals surface area contributed by atoms with Crippen LogP contribution in [0.3, 0.4) is 0 Å². The van der Waals surface area contributed by atoms with Crippen LogP contribution in [0.15, 0.2) is 30.3 Å². The van der Waals surface area contributed by atoms with Crippen LogP contribution in [0.2, 0.25) is 0 Å². The van der Waals surface area contributed by atoms with Crippen molar-refractivity contribution in [3.8, 4) is 0 Å². The van der Waals surface area contributed by atoms with Crippen LogP contribution < -0.4 is 0 Å². The van der Waals surface area contributed by atoms with Gasteiger partial charge < -0.3 is 14.4 Å². The number of hydrogen-bond donors (Lipinski definition) is 0. The molecule has 140 valence electrons. The van der Waals surface area contributed by atoms with Crippen molar-refractivity contribution in [1.29, 1.82) is 0 Å². The van der Waals surface area contributed by atoms with Crippen molar-refractivity contribution in [3.05, 3.63) is 35.9 Å². The first kappa shape index (κ1) is 18.8. The zero-order valence-electron chi connectivity index (χ0n) is 15.7. The van der Waals surface area contributed by atoms with E-state index in [4.69, 9.17) is 9.47 Å². The van der Waals surface area contributed by atoms with Gasteiger partial charge in [-0.05, 0) is 51.3 Å². The van der Waals surface area contributed by atoms with E-state index in [9.17, 15) is 0 Å². The molecule has 2 fully saturated rings. The van der Waals surface area contributed by atoms with E-state index in [0.29, 0.717) is 6.10 Å². The van der Waals surface area contributed by atoms with Gasteiger partial charge in [0.05, 0.1) is 19.3 Å². The Bertz CT molecular complexity index is 474. The summed E-state index contributed by atoms with van der Waals surface area (Å²) in [6.45, 7) is 10.7. The first-order valence-electron chi connectivity index (χ1n) is 10.0. The molecule has 2 aliphatic rings. The summed E-state index contributed by atoms with van der Waals surface area (Å²) in [5.74, 6) is 0. The Morgan fingerprint density at radius 3 is 2.64 bits per heavy atom. The van der Waals surface area contributed by atoms with Gasteiger partial charge in [-0.3, -0.25) is 4.90 Å². The maximum absolute atomic E-state index is 5.81. The normalized spacial score (nSPS) is 23.8. The molecule has 0 radical (unpaired) electrons. The first-order valence-corrected chi connectivity index (χ1v) is 10.0. The molecular formula is C21H34N2O2. The second-order valence-corrected chi connectivity index (χ2v) is 7.45. The molecule has 0 amide bonds. The zero-order chi connectivity index (χ0) is 17.3. The fraction of sp³-hybridized carbons (Fsp3) is 0.714. The molecule has 0 N–H and O–H groups in total. The van der Waals surface area contributed by atoms with Crippen LogP contribution in [-0.2, 0) is 15.9 Å². The SMILES string of the molecule is CC1CN(C2CCN(CCCOCCc3ccccc3)CC2)CCO1. The van der Waals surface area contributed by atoms with E-state index < -0.39 is 0 Å². The number of hydrogen-bond acceptors (Lipinski definition) is 4.